The van der Waals surface area contributed by atoms with Gasteiger partial charge >= 0.3 is 5.97 Å². The predicted molar refractivity (Wildman–Crippen MR) is 135 cm³/mol. The highest BCUT2D eigenvalue weighted by atomic mass is 35.5. The van der Waals surface area contributed by atoms with Crippen LogP contribution >= 0.6 is 23.2 Å². The molecule has 2 saturated heterocycles. The summed E-state index contributed by atoms with van der Waals surface area (Å²) in [5.74, 6) is -1.19. The van der Waals surface area contributed by atoms with E-state index in [0.717, 1.165) is 31.6 Å². The highest BCUT2D eigenvalue weighted by Crippen LogP contribution is 2.41. The number of amides is 1. The fourth-order valence-corrected chi connectivity index (χ4v) is 6.36. The van der Waals surface area contributed by atoms with E-state index in [1.807, 2.05) is 6.92 Å². The Morgan fingerprint density at radius 1 is 1.15 bits per heavy atom. The van der Waals surface area contributed by atoms with Crippen molar-refractivity contribution in [3.8, 4) is 0 Å². The van der Waals surface area contributed by atoms with Crippen LogP contribution in [0.1, 0.15) is 51.0 Å². The summed E-state index contributed by atoms with van der Waals surface area (Å²) in [7, 11) is 0. The Morgan fingerprint density at radius 3 is 2.59 bits per heavy atom. The lowest BCUT2D eigenvalue weighted by atomic mass is 9.75. The lowest BCUT2D eigenvalue weighted by Crippen LogP contribution is -2.51. The lowest BCUT2D eigenvalue weighted by Gasteiger charge is -2.32. The van der Waals surface area contributed by atoms with Crippen LogP contribution in [0.3, 0.4) is 0 Å². The summed E-state index contributed by atoms with van der Waals surface area (Å²) in [4.78, 5) is 30.0. The number of hydrogen-bond donors (Lipinski definition) is 2. The molecule has 0 saturated carbocycles. The molecule has 186 valence electrons. The smallest absolute Gasteiger partial charge is 0.304 e. The molecule has 2 N–H and O–H groups in total. The van der Waals surface area contributed by atoms with Crippen LogP contribution in [0.2, 0.25) is 10.0 Å². The van der Waals surface area contributed by atoms with Gasteiger partial charge < -0.3 is 10.4 Å². The van der Waals surface area contributed by atoms with Gasteiger partial charge in [0.15, 0.2) is 0 Å². The van der Waals surface area contributed by atoms with Crippen LogP contribution in [-0.4, -0.2) is 65.5 Å². The number of aliphatic carboxylic acids is 1. The molecule has 3 atom stereocenters. The summed E-state index contributed by atoms with van der Waals surface area (Å²) in [6, 6.07) is 5.46. The minimum atomic E-state index is -0.973. The number of nitrogens with zero attached hydrogens (tertiary/aromatic N) is 2. The summed E-state index contributed by atoms with van der Waals surface area (Å²) in [6.45, 7) is 6.22. The number of carboxylic acid groups (broad SMARTS) is 1. The zero-order valence-corrected chi connectivity index (χ0v) is 21.4. The Labute approximate surface area is 212 Å². The molecule has 3 aliphatic rings. The van der Waals surface area contributed by atoms with Crippen LogP contribution in [0.5, 0.6) is 0 Å². The molecule has 1 aromatic rings. The van der Waals surface area contributed by atoms with E-state index in [9.17, 15) is 14.7 Å². The molecule has 4 rings (SSSR count). The van der Waals surface area contributed by atoms with Gasteiger partial charge in [0.2, 0.25) is 5.91 Å². The zero-order chi connectivity index (χ0) is 24.3. The van der Waals surface area contributed by atoms with Crippen molar-refractivity contribution in [2.24, 2.45) is 11.3 Å². The average Bonchev–Trinajstić information content (AvgIpc) is 3.35. The van der Waals surface area contributed by atoms with Gasteiger partial charge in [-0.15, -0.1) is 0 Å². The molecule has 2 aliphatic heterocycles. The van der Waals surface area contributed by atoms with Gasteiger partial charge in [0.05, 0.1) is 11.8 Å². The molecular formula is C26H35Cl2N3O3. The van der Waals surface area contributed by atoms with Crippen LogP contribution in [0.25, 0.3) is 0 Å². The standard InChI is InChI=1S/C26H35Cl2N3O3/c1-18-13-31(16-21-22(27)8-5-9-23(21)28)17-26(18,12-24(32)33)25(34)29-20-10-11-30(15-20)14-19-6-3-2-4-7-19/h5-6,8-9,18,20H,2-4,7,10-17H2,1H3,(H,29,34)(H,32,33)/t18-,20-,26+/m0/s1. The third kappa shape index (κ3) is 5.78. The van der Waals surface area contributed by atoms with Crippen molar-refractivity contribution in [1.29, 1.82) is 0 Å². The summed E-state index contributed by atoms with van der Waals surface area (Å²) in [6.07, 6.45) is 7.99. The van der Waals surface area contributed by atoms with Crippen molar-refractivity contribution in [2.75, 3.05) is 32.7 Å². The van der Waals surface area contributed by atoms with E-state index < -0.39 is 11.4 Å². The first-order valence-electron chi connectivity index (χ1n) is 12.3. The molecule has 0 bridgehead atoms. The topological polar surface area (TPSA) is 72.9 Å². The molecule has 0 unspecified atom stereocenters. The maximum atomic E-state index is 13.6. The summed E-state index contributed by atoms with van der Waals surface area (Å²) in [5, 5.41) is 14.1. The SMILES string of the molecule is C[C@H]1CN(Cc2c(Cl)cccc2Cl)C[C@@]1(CC(=O)O)C(=O)N[C@H]1CCN(CC2=CCCCC2)C1. The third-order valence-corrected chi connectivity index (χ3v) is 8.47. The first-order chi connectivity index (χ1) is 16.3. The van der Waals surface area contributed by atoms with Gasteiger partial charge in [-0.05, 0) is 50.2 Å². The summed E-state index contributed by atoms with van der Waals surface area (Å²) < 4.78 is 0. The van der Waals surface area contributed by atoms with Gasteiger partial charge in [-0.3, -0.25) is 19.4 Å². The normalized spacial score (nSPS) is 28.1. The molecular weight excluding hydrogens is 473 g/mol. The second-order valence-electron chi connectivity index (χ2n) is 10.3. The number of carboxylic acids is 1. The van der Waals surface area contributed by atoms with Gasteiger partial charge in [-0.1, -0.05) is 47.8 Å². The van der Waals surface area contributed by atoms with Gasteiger partial charge in [0, 0.05) is 60.9 Å². The molecule has 0 aromatic heterocycles. The number of carbonyl (C=O) groups is 2. The largest absolute Gasteiger partial charge is 0.481 e. The van der Waals surface area contributed by atoms with E-state index in [1.165, 1.54) is 31.3 Å². The van der Waals surface area contributed by atoms with E-state index in [1.54, 1.807) is 18.2 Å². The maximum Gasteiger partial charge on any atom is 0.304 e. The van der Waals surface area contributed by atoms with Crippen LogP contribution in [0.4, 0.5) is 0 Å². The number of likely N-dealkylation sites (tertiary alicyclic amines) is 2. The summed E-state index contributed by atoms with van der Waals surface area (Å²) in [5.41, 5.74) is 1.35. The first kappa shape index (κ1) is 25.5. The average molecular weight is 508 g/mol. The van der Waals surface area contributed by atoms with Crippen molar-refractivity contribution in [1.82, 2.24) is 15.1 Å². The van der Waals surface area contributed by atoms with Crippen LogP contribution in [0.15, 0.2) is 29.8 Å². The highest BCUT2D eigenvalue weighted by molar-refractivity contribution is 6.35. The number of hydrogen-bond acceptors (Lipinski definition) is 4. The van der Waals surface area contributed by atoms with Gasteiger partial charge in [0.1, 0.15) is 0 Å². The molecule has 1 amide bonds. The number of carbonyl (C=O) groups excluding carboxylic acids is 1. The van der Waals surface area contributed by atoms with E-state index in [4.69, 9.17) is 23.2 Å². The van der Waals surface area contributed by atoms with Crippen molar-refractivity contribution in [2.45, 2.75) is 58.0 Å². The van der Waals surface area contributed by atoms with E-state index in [0.29, 0.717) is 29.7 Å². The molecule has 2 heterocycles. The number of rotatable bonds is 8. The molecule has 34 heavy (non-hydrogen) atoms. The Hall–Kier alpha value is -1.60. The zero-order valence-electron chi connectivity index (χ0n) is 19.9. The third-order valence-electron chi connectivity index (χ3n) is 7.76. The Kier molecular flexibility index (Phi) is 8.24. The quantitative estimate of drug-likeness (QED) is 0.503. The lowest BCUT2D eigenvalue weighted by molar-refractivity contribution is -0.146. The highest BCUT2D eigenvalue weighted by Gasteiger charge is 2.52. The fraction of sp³-hybridized carbons (Fsp3) is 0.615. The minimum absolute atomic E-state index is 0.0571. The second-order valence-corrected chi connectivity index (χ2v) is 11.1. The van der Waals surface area contributed by atoms with Gasteiger partial charge in [-0.25, -0.2) is 0 Å². The molecule has 1 aromatic carbocycles. The molecule has 2 fully saturated rings. The second kappa shape index (κ2) is 11.0. The Morgan fingerprint density at radius 2 is 1.91 bits per heavy atom. The minimum Gasteiger partial charge on any atom is -0.481 e. The van der Waals surface area contributed by atoms with Crippen LogP contribution in [0, 0.1) is 11.3 Å². The van der Waals surface area contributed by atoms with Crippen LogP contribution in [-0.2, 0) is 16.1 Å². The van der Waals surface area contributed by atoms with E-state index in [-0.39, 0.29) is 24.3 Å². The molecule has 0 spiro atoms. The monoisotopic (exact) mass is 507 g/mol. The molecule has 1 aliphatic carbocycles. The number of allylic oxidation sites excluding steroid dienone is 1. The maximum absolute atomic E-state index is 13.6. The van der Waals surface area contributed by atoms with Crippen molar-refractivity contribution < 1.29 is 14.7 Å². The van der Waals surface area contributed by atoms with Gasteiger partial charge in [0.25, 0.3) is 0 Å². The van der Waals surface area contributed by atoms with Crippen molar-refractivity contribution >= 4 is 35.1 Å². The predicted octanol–water partition coefficient (Wildman–Crippen LogP) is 4.60. The molecule has 0 radical (unpaired) electrons. The number of halogens is 2. The Bertz CT molecular complexity index is 933. The summed E-state index contributed by atoms with van der Waals surface area (Å²) >= 11 is 12.7. The Balaban J connectivity index is 1.42. The number of nitrogens with one attached hydrogen (secondary N) is 1. The van der Waals surface area contributed by atoms with Crippen molar-refractivity contribution in [3.05, 3.63) is 45.5 Å². The fourth-order valence-electron chi connectivity index (χ4n) is 5.84. The first-order valence-corrected chi connectivity index (χ1v) is 13.1. The van der Waals surface area contributed by atoms with E-state index >= 15 is 0 Å². The number of benzene rings is 1. The van der Waals surface area contributed by atoms with Crippen LogP contribution < -0.4 is 5.32 Å². The molecule has 8 heteroatoms. The molecule has 6 nitrogen and oxygen atoms in total. The van der Waals surface area contributed by atoms with E-state index in [2.05, 4.69) is 21.2 Å². The van der Waals surface area contributed by atoms with Crippen molar-refractivity contribution in [3.63, 3.8) is 0 Å². The van der Waals surface area contributed by atoms with Gasteiger partial charge in [-0.2, -0.15) is 0 Å².